The van der Waals surface area contributed by atoms with Gasteiger partial charge < -0.3 is 14.1 Å². The molecule has 29 heavy (non-hydrogen) atoms. The molecule has 0 atom stereocenters. The quantitative estimate of drug-likeness (QED) is 0.287. The first-order valence-electron chi connectivity index (χ1n) is 9.49. The highest BCUT2D eigenvalue weighted by molar-refractivity contribution is 5.96. The molecular formula is C23H20N2O4. The number of hydrogen-bond acceptors (Lipinski definition) is 6. The predicted octanol–water partition coefficient (Wildman–Crippen LogP) is 4.41. The van der Waals surface area contributed by atoms with Crippen molar-refractivity contribution in [2.24, 2.45) is 0 Å². The summed E-state index contributed by atoms with van der Waals surface area (Å²) in [6, 6.07) is 16.1. The van der Waals surface area contributed by atoms with Gasteiger partial charge in [-0.25, -0.2) is 9.59 Å². The van der Waals surface area contributed by atoms with Crippen molar-refractivity contribution in [1.29, 1.82) is 0 Å². The minimum atomic E-state index is -0.772. The van der Waals surface area contributed by atoms with Crippen molar-refractivity contribution in [3.8, 4) is 5.75 Å². The number of anilines is 1. The fraction of sp³-hybridized carbons (Fsp3) is 0.174. The van der Waals surface area contributed by atoms with Gasteiger partial charge in [-0.15, -0.1) is 0 Å². The average molecular weight is 388 g/mol. The lowest BCUT2D eigenvalue weighted by Gasteiger charge is -2.20. The summed E-state index contributed by atoms with van der Waals surface area (Å²) in [7, 11) is 0. The van der Waals surface area contributed by atoms with Crippen molar-refractivity contribution in [3.63, 3.8) is 0 Å². The Kier molecular flexibility index (Phi) is 4.99. The maximum atomic E-state index is 12.7. The molecule has 6 heteroatoms. The molecule has 2 aromatic heterocycles. The number of ether oxygens (including phenoxy) is 1. The van der Waals surface area contributed by atoms with Crippen molar-refractivity contribution < 1.29 is 13.9 Å². The SMILES string of the molecule is CCN(CC)c1ccc2cc(C(=O)Oc3cccc4cccnc34)c(=O)oc2c1. The minimum absolute atomic E-state index is 0.152. The molecule has 0 fully saturated rings. The third-order valence-corrected chi connectivity index (χ3v) is 4.87. The molecule has 146 valence electrons. The van der Waals surface area contributed by atoms with Crippen LogP contribution in [0.3, 0.4) is 0 Å². The predicted molar refractivity (Wildman–Crippen MR) is 113 cm³/mol. The van der Waals surface area contributed by atoms with E-state index in [1.54, 1.807) is 24.4 Å². The lowest BCUT2D eigenvalue weighted by molar-refractivity contribution is 0.0732. The molecule has 0 unspecified atom stereocenters. The number of esters is 1. The van der Waals surface area contributed by atoms with Gasteiger partial charge in [0.25, 0.3) is 0 Å². The number of pyridine rings is 1. The van der Waals surface area contributed by atoms with Crippen molar-refractivity contribution >= 4 is 33.5 Å². The molecule has 0 aliphatic rings. The number of nitrogens with zero attached hydrogens (tertiary/aromatic N) is 2. The second-order valence-corrected chi connectivity index (χ2v) is 6.56. The van der Waals surface area contributed by atoms with Crippen LogP contribution in [0, 0.1) is 0 Å². The highest BCUT2D eigenvalue weighted by Crippen LogP contribution is 2.25. The topological polar surface area (TPSA) is 72.6 Å². The lowest BCUT2D eigenvalue weighted by Crippen LogP contribution is -2.22. The van der Waals surface area contributed by atoms with E-state index in [9.17, 15) is 9.59 Å². The van der Waals surface area contributed by atoms with Crippen LogP contribution in [0.15, 0.2) is 70.0 Å². The average Bonchev–Trinajstić information content (AvgIpc) is 2.74. The van der Waals surface area contributed by atoms with Crippen molar-refractivity contribution in [1.82, 2.24) is 4.98 Å². The van der Waals surface area contributed by atoms with Crippen LogP contribution in [0.2, 0.25) is 0 Å². The number of para-hydroxylation sites is 1. The Bertz CT molecular complexity index is 1250. The molecule has 4 rings (SSSR count). The third-order valence-electron chi connectivity index (χ3n) is 4.87. The first-order chi connectivity index (χ1) is 14.1. The molecular weight excluding hydrogens is 368 g/mol. The number of carbonyl (C=O) groups excluding carboxylic acids is 1. The molecule has 0 amide bonds. The summed E-state index contributed by atoms with van der Waals surface area (Å²) in [5.41, 5.74) is 1.07. The van der Waals surface area contributed by atoms with Crippen LogP contribution in [-0.4, -0.2) is 24.0 Å². The van der Waals surface area contributed by atoms with Gasteiger partial charge in [0.05, 0.1) is 0 Å². The maximum absolute atomic E-state index is 12.7. The molecule has 6 nitrogen and oxygen atoms in total. The van der Waals surface area contributed by atoms with E-state index in [2.05, 4.69) is 23.7 Å². The Labute approximate surface area is 167 Å². The third kappa shape index (κ3) is 3.57. The number of fused-ring (bicyclic) bond motifs is 2. The Morgan fingerprint density at radius 1 is 1.03 bits per heavy atom. The zero-order valence-corrected chi connectivity index (χ0v) is 16.2. The molecule has 0 N–H and O–H groups in total. The van der Waals surface area contributed by atoms with E-state index >= 15 is 0 Å². The summed E-state index contributed by atoms with van der Waals surface area (Å²) in [5, 5.41) is 1.50. The van der Waals surface area contributed by atoms with Crippen LogP contribution in [-0.2, 0) is 0 Å². The second-order valence-electron chi connectivity index (χ2n) is 6.56. The Morgan fingerprint density at radius 2 is 1.83 bits per heavy atom. The fourth-order valence-corrected chi connectivity index (χ4v) is 3.34. The number of aromatic nitrogens is 1. The van der Waals surface area contributed by atoms with E-state index in [0.29, 0.717) is 22.2 Å². The Morgan fingerprint density at radius 3 is 2.62 bits per heavy atom. The van der Waals surface area contributed by atoms with E-state index < -0.39 is 11.6 Å². The lowest BCUT2D eigenvalue weighted by atomic mass is 10.1. The van der Waals surface area contributed by atoms with Crippen LogP contribution < -0.4 is 15.3 Å². The molecule has 0 radical (unpaired) electrons. The summed E-state index contributed by atoms with van der Waals surface area (Å²) >= 11 is 0. The zero-order valence-electron chi connectivity index (χ0n) is 16.2. The van der Waals surface area contributed by atoms with Crippen LogP contribution >= 0.6 is 0 Å². The van der Waals surface area contributed by atoms with Gasteiger partial charge in [0.1, 0.15) is 16.7 Å². The van der Waals surface area contributed by atoms with Gasteiger partial charge in [-0.3, -0.25) is 4.98 Å². The summed E-state index contributed by atoms with van der Waals surface area (Å²) in [6.45, 7) is 5.81. The number of rotatable bonds is 5. The Hall–Kier alpha value is -3.67. The number of carbonyl (C=O) groups is 1. The largest absolute Gasteiger partial charge is 0.422 e. The van der Waals surface area contributed by atoms with Crippen molar-refractivity contribution in [2.45, 2.75) is 13.8 Å². The Balaban J connectivity index is 1.70. The fourth-order valence-electron chi connectivity index (χ4n) is 3.34. The van der Waals surface area contributed by atoms with Gasteiger partial charge in [-0.2, -0.15) is 0 Å². The molecule has 0 aliphatic heterocycles. The van der Waals surface area contributed by atoms with Gasteiger partial charge in [0, 0.05) is 41.8 Å². The van der Waals surface area contributed by atoms with Gasteiger partial charge in [-0.1, -0.05) is 18.2 Å². The maximum Gasteiger partial charge on any atom is 0.351 e. The molecule has 0 spiro atoms. The molecule has 2 aromatic carbocycles. The van der Waals surface area contributed by atoms with E-state index in [4.69, 9.17) is 9.15 Å². The summed E-state index contributed by atoms with van der Waals surface area (Å²) in [4.78, 5) is 31.5. The number of hydrogen-bond donors (Lipinski definition) is 0. The first kappa shape index (κ1) is 18.7. The smallest absolute Gasteiger partial charge is 0.351 e. The van der Waals surface area contributed by atoms with Crippen LogP contribution in [0.5, 0.6) is 5.75 Å². The summed E-state index contributed by atoms with van der Waals surface area (Å²) in [5.74, 6) is -0.476. The monoisotopic (exact) mass is 388 g/mol. The van der Waals surface area contributed by atoms with E-state index in [-0.39, 0.29) is 5.56 Å². The van der Waals surface area contributed by atoms with Crippen molar-refractivity contribution in [3.05, 3.63) is 76.8 Å². The highest BCUT2D eigenvalue weighted by Gasteiger charge is 2.18. The van der Waals surface area contributed by atoms with Crippen LogP contribution in [0.1, 0.15) is 24.2 Å². The summed E-state index contributed by atoms with van der Waals surface area (Å²) < 4.78 is 10.9. The standard InChI is InChI=1S/C23H20N2O4/c1-3-25(4-2)17-11-10-16-13-18(23(27)29-20(16)14-17)22(26)28-19-9-5-7-15-8-6-12-24-21(15)19/h5-14H,3-4H2,1-2H3. The summed E-state index contributed by atoms with van der Waals surface area (Å²) in [6.07, 6.45) is 1.62. The zero-order chi connectivity index (χ0) is 20.4. The van der Waals surface area contributed by atoms with Gasteiger partial charge in [0.15, 0.2) is 5.75 Å². The van der Waals surface area contributed by atoms with Crippen LogP contribution in [0.4, 0.5) is 5.69 Å². The van der Waals surface area contributed by atoms with E-state index in [0.717, 1.165) is 24.2 Å². The molecule has 2 heterocycles. The van der Waals surface area contributed by atoms with Gasteiger partial charge in [0.2, 0.25) is 0 Å². The van der Waals surface area contributed by atoms with E-state index in [1.165, 1.54) is 6.07 Å². The van der Waals surface area contributed by atoms with Crippen LogP contribution in [0.25, 0.3) is 21.9 Å². The normalized spacial score (nSPS) is 11.0. The molecule has 0 saturated carbocycles. The van der Waals surface area contributed by atoms with Crippen molar-refractivity contribution in [2.75, 3.05) is 18.0 Å². The molecule has 0 bridgehead atoms. The molecule has 0 saturated heterocycles. The van der Waals surface area contributed by atoms with Gasteiger partial charge in [-0.05, 0) is 44.2 Å². The number of benzene rings is 2. The minimum Gasteiger partial charge on any atom is -0.422 e. The molecule has 0 aliphatic carbocycles. The second kappa shape index (κ2) is 7.75. The highest BCUT2D eigenvalue weighted by atomic mass is 16.5. The first-order valence-corrected chi connectivity index (χ1v) is 9.49. The van der Waals surface area contributed by atoms with Gasteiger partial charge >= 0.3 is 11.6 Å². The van der Waals surface area contributed by atoms with E-state index in [1.807, 2.05) is 30.3 Å². The molecule has 4 aromatic rings.